The molecule has 0 atom stereocenters. The zero-order valence-electron chi connectivity index (χ0n) is 12.9. The zero-order valence-corrected chi connectivity index (χ0v) is 13.7. The minimum absolute atomic E-state index is 0.197. The Bertz CT molecular complexity index is 673. The van der Waals surface area contributed by atoms with Crippen molar-refractivity contribution in [3.05, 3.63) is 28.8 Å². The van der Waals surface area contributed by atoms with Crippen LogP contribution in [-0.4, -0.2) is 23.1 Å². The fraction of sp³-hybridized carbons (Fsp3) is 0.500. The Morgan fingerprint density at radius 2 is 1.74 bits per heavy atom. The number of hydrogen-bond donors (Lipinski definition) is 0. The van der Waals surface area contributed by atoms with Crippen LogP contribution in [0.25, 0.3) is 10.6 Å². The smallest absolute Gasteiger partial charge is 0.341 e. The lowest BCUT2D eigenvalue weighted by Crippen LogP contribution is -2.27. The van der Waals surface area contributed by atoms with Gasteiger partial charge in [0.2, 0.25) is 5.95 Å². The number of halogens is 3. The number of alkyl halides is 3. The van der Waals surface area contributed by atoms with Crippen molar-refractivity contribution in [2.24, 2.45) is 0 Å². The first-order valence-corrected chi connectivity index (χ1v) is 8.53. The van der Waals surface area contributed by atoms with Crippen molar-refractivity contribution in [3.63, 3.8) is 0 Å². The van der Waals surface area contributed by atoms with E-state index in [0.29, 0.717) is 18.8 Å². The van der Waals surface area contributed by atoms with Crippen LogP contribution < -0.4 is 4.90 Å². The first kappa shape index (κ1) is 16.2. The van der Waals surface area contributed by atoms with Crippen molar-refractivity contribution in [1.29, 1.82) is 0 Å². The van der Waals surface area contributed by atoms with Gasteiger partial charge in [-0.2, -0.15) is 13.2 Å². The molecule has 0 spiro atoms. The molecule has 7 heteroatoms. The molecular formula is C16H18F3N3S. The maximum absolute atomic E-state index is 13.2. The Hall–Kier alpha value is -1.63. The number of aryl methyl sites for hydroxylation is 1. The minimum Gasteiger partial charge on any atom is -0.341 e. The van der Waals surface area contributed by atoms with Crippen LogP contribution in [0.5, 0.6) is 0 Å². The fourth-order valence-electron chi connectivity index (χ4n) is 2.69. The average molecular weight is 341 g/mol. The Morgan fingerprint density at radius 3 is 2.30 bits per heavy atom. The van der Waals surface area contributed by atoms with E-state index in [0.717, 1.165) is 41.5 Å². The zero-order chi connectivity index (χ0) is 16.4. The number of rotatable bonds is 2. The summed E-state index contributed by atoms with van der Waals surface area (Å²) in [6.45, 7) is 3.35. The van der Waals surface area contributed by atoms with E-state index in [9.17, 15) is 13.2 Å². The van der Waals surface area contributed by atoms with Crippen LogP contribution in [0, 0.1) is 6.92 Å². The van der Waals surface area contributed by atoms with Crippen LogP contribution >= 0.6 is 11.3 Å². The largest absolute Gasteiger partial charge is 0.433 e. The Morgan fingerprint density at radius 1 is 1.04 bits per heavy atom. The van der Waals surface area contributed by atoms with E-state index in [1.807, 2.05) is 24.0 Å². The molecule has 1 aliphatic heterocycles. The summed E-state index contributed by atoms with van der Waals surface area (Å²) in [5.41, 5.74) is -0.516. The van der Waals surface area contributed by atoms with Crippen LogP contribution in [0.1, 0.15) is 36.3 Å². The first-order valence-electron chi connectivity index (χ1n) is 7.71. The van der Waals surface area contributed by atoms with Gasteiger partial charge < -0.3 is 4.90 Å². The number of thiophene rings is 1. The Labute approximate surface area is 137 Å². The molecule has 1 saturated heterocycles. The molecule has 3 heterocycles. The molecule has 0 aliphatic carbocycles. The molecular weight excluding hydrogens is 323 g/mol. The highest BCUT2D eigenvalue weighted by Crippen LogP contribution is 2.34. The van der Waals surface area contributed by atoms with Crippen molar-refractivity contribution in [1.82, 2.24) is 9.97 Å². The van der Waals surface area contributed by atoms with Crippen LogP contribution in [0.3, 0.4) is 0 Å². The molecule has 0 aromatic carbocycles. The normalized spacial score (nSPS) is 16.4. The number of anilines is 1. The van der Waals surface area contributed by atoms with Gasteiger partial charge in [0.05, 0.1) is 10.6 Å². The van der Waals surface area contributed by atoms with Gasteiger partial charge in [-0.1, -0.05) is 12.8 Å². The molecule has 1 fully saturated rings. The molecule has 0 amide bonds. The number of aromatic nitrogens is 2. The molecule has 1 aliphatic rings. The Balaban J connectivity index is 2.04. The topological polar surface area (TPSA) is 29.0 Å². The van der Waals surface area contributed by atoms with Gasteiger partial charge in [0, 0.05) is 18.0 Å². The van der Waals surface area contributed by atoms with Gasteiger partial charge in [-0.05, 0) is 38.0 Å². The number of nitrogens with zero attached hydrogens (tertiary/aromatic N) is 3. The first-order chi connectivity index (χ1) is 10.9. The average Bonchev–Trinajstić information content (AvgIpc) is 2.77. The van der Waals surface area contributed by atoms with Crippen LogP contribution in [0.4, 0.5) is 19.1 Å². The van der Waals surface area contributed by atoms with Crippen molar-refractivity contribution in [2.45, 2.75) is 38.8 Å². The maximum atomic E-state index is 13.2. The summed E-state index contributed by atoms with van der Waals surface area (Å²) in [4.78, 5) is 11.9. The van der Waals surface area contributed by atoms with E-state index in [4.69, 9.17) is 0 Å². The lowest BCUT2D eigenvalue weighted by atomic mass is 10.2. The molecule has 23 heavy (non-hydrogen) atoms. The summed E-state index contributed by atoms with van der Waals surface area (Å²) in [6, 6.07) is 4.75. The van der Waals surface area contributed by atoms with E-state index in [1.54, 1.807) is 0 Å². The number of hydrogen-bond acceptors (Lipinski definition) is 4. The van der Waals surface area contributed by atoms with E-state index in [-0.39, 0.29) is 5.95 Å². The lowest BCUT2D eigenvalue weighted by molar-refractivity contribution is -0.141. The van der Waals surface area contributed by atoms with E-state index < -0.39 is 11.9 Å². The molecule has 0 N–H and O–H groups in total. The van der Waals surface area contributed by atoms with Crippen molar-refractivity contribution < 1.29 is 13.2 Å². The minimum atomic E-state index is -4.47. The third-order valence-corrected chi connectivity index (χ3v) is 4.91. The summed E-state index contributed by atoms with van der Waals surface area (Å²) in [6.07, 6.45) is -0.330. The summed E-state index contributed by atoms with van der Waals surface area (Å²) >= 11 is 1.44. The molecule has 3 nitrogen and oxygen atoms in total. The molecule has 0 unspecified atom stereocenters. The van der Waals surface area contributed by atoms with Gasteiger partial charge in [0.1, 0.15) is 0 Å². The molecule has 2 aromatic heterocycles. The van der Waals surface area contributed by atoms with Crippen molar-refractivity contribution in [3.8, 4) is 10.6 Å². The second kappa shape index (κ2) is 6.47. The molecule has 0 radical (unpaired) electrons. The van der Waals surface area contributed by atoms with Gasteiger partial charge in [-0.25, -0.2) is 9.97 Å². The molecule has 0 bridgehead atoms. The Kier molecular flexibility index (Phi) is 4.57. The molecule has 124 valence electrons. The van der Waals surface area contributed by atoms with Crippen LogP contribution in [0.15, 0.2) is 18.2 Å². The van der Waals surface area contributed by atoms with Crippen LogP contribution in [0.2, 0.25) is 0 Å². The summed E-state index contributed by atoms with van der Waals surface area (Å²) < 4.78 is 39.6. The van der Waals surface area contributed by atoms with Gasteiger partial charge in [-0.3, -0.25) is 0 Å². The van der Waals surface area contributed by atoms with Gasteiger partial charge in [-0.15, -0.1) is 11.3 Å². The maximum Gasteiger partial charge on any atom is 0.433 e. The quantitative estimate of drug-likeness (QED) is 0.777. The lowest BCUT2D eigenvalue weighted by Gasteiger charge is -2.21. The summed E-state index contributed by atoms with van der Waals surface area (Å²) in [5.74, 6) is 0.197. The second-order valence-corrected chi connectivity index (χ2v) is 7.04. The summed E-state index contributed by atoms with van der Waals surface area (Å²) in [5, 5.41) is 0. The standard InChI is InChI=1S/C16H18F3N3S/c1-11-6-7-13(23-11)12-10-14(16(17,18)19)21-15(20-12)22-8-4-2-3-5-9-22/h6-7,10H,2-5,8-9H2,1H3. The van der Waals surface area contributed by atoms with E-state index >= 15 is 0 Å². The monoisotopic (exact) mass is 341 g/mol. The predicted molar refractivity (Wildman–Crippen MR) is 85.8 cm³/mol. The second-order valence-electron chi connectivity index (χ2n) is 5.75. The SMILES string of the molecule is Cc1ccc(-c2cc(C(F)(F)F)nc(N3CCCCCC3)n2)s1. The van der Waals surface area contributed by atoms with Crippen molar-refractivity contribution in [2.75, 3.05) is 18.0 Å². The third kappa shape index (κ3) is 3.83. The highest BCUT2D eigenvalue weighted by molar-refractivity contribution is 7.15. The highest BCUT2D eigenvalue weighted by atomic mass is 32.1. The highest BCUT2D eigenvalue weighted by Gasteiger charge is 2.34. The van der Waals surface area contributed by atoms with Crippen molar-refractivity contribution >= 4 is 17.3 Å². The van der Waals surface area contributed by atoms with Gasteiger partial charge in [0.25, 0.3) is 0 Å². The summed E-state index contributed by atoms with van der Waals surface area (Å²) in [7, 11) is 0. The fourth-order valence-corrected chi connectivity index (χ4v) is 3.52. The van der Waals surface area contributed by atoms with E-state index in [1.165, 1.54) is 11.3 Å². The van der Waals surface area contributed by atoms with Crippen LogP contribution in [-0.2, 0) is 6.18 Å². The molecule has 2 aromatic rings. The molecule has 0 saturated carbocycles. The van der Waals surface area contributed by atoms with Gasteiger partial charge in [0.15, 0.2) is 5.69 Å². The van der Waals surface area contributed by atoms with Gasteiger partial charge >= 0.3 is 6.18 Å². The van der Waals surface area contributed by atoms with E-state index in [2.05, 4.69) is 9.97 Å². The predicted octanol–water partition coefficient (Wildman–Crippen LogP) is 4.91. The third-order valence-electron chi connectivity index (χ3n) is 3.89. The molecule has 3 rings (SSSR count).